The predicted molar refractivity (Wildman–Crippen MR) is 75.7 cm³/mol. The number of rotatable bonds is 2. The molecule has 0 amide bonds. The second kappa shape index (κ2) is 4.49. The van der Waals surface area contributed by atoms with E-state index in [1.165, 1.54) is 38.5 Å². The van der Waals surface area contributed by atoms with Crippen molar-refractivity contribution in [2.45, 2.75) is 78.2 Å². The fraction of sp³-hybridized carbons (Fsp3) is 0.941. The van der Waals surface area contributed by atoms with E-state index in [9.17, 15) is 4.79 Å². The second-order valence-electron chi connectivity index (χ2n) is 8.28. The van der Waals surface area contributed by atoms with Crippen LogP contribution in [0.25, 0.3) is 0 Å². The molecule has 0 saturated heterocycles. The summed E-state index contributed by atoms with van der Waals surface area (Å²) in [6.45, 7) is 6.86. The van der Waals surface area contributed by atoms with Crippen LogP contribution in [0.4, 0.5) is 0 Å². The molecule has 19 heavy (non-hydrogen) atoms. The van der Waals surface area contributed by atoms with Gasteiger partial charge in [0.2, 0.25) is 0 Å². The second-order valence-corrected chi connectivity index (χ2v) is 8.28. The Kier molecular flexibility index (Phi) is 3.18. The van der Waals surface area contributed by atoms with Crippen LogP contribution in [0.1, 0.15) is 72.1 Å². The van der Waals surface area contributed by atoms with Gasteiger partial charge in [0.1, 0.15) is 6.10 Å². The standard InChI is InChI=1S/C17H28O2/c1-16(2)8-5-4-6-14(16)19-15(18)13-11-17(3)9-7-12(13)10-17/h12-14H,4-11H2,1-3H3. The number of ether oxygens (including phenoxy) is 1. The minimum Gasteiger partial charge on any atom is -0.462 e. The van der Waals surface area contributed by atoms with Gasteiger partial charge in [0, 0.05) is 5.41 Å². The van der Waals surface area contributed by atoms with Crippen molar-refractivity contribution in [3.05, 3.63) is 0 Å². The van der Waals surface area contributed by atoms with Gasteiger partial charge in [-0.15, -0.1) is 0 Å². The van der Waals surface area contributed by atoms with Crippen LogP contribution in [0.2, 0.25) is 0 Å². The quantitative estimate of drug-likeness (QED) is 0.694. The monoisotopic (exact) mass is 264 g/mol. The van der Waals surface area contributed by atoms with Crippen LogP contribution in [0, 0.1) is 22.7 Å². The summed E-state index contributed by atoms with van der Waals surface area (Å²) in [6.07, 6.45) is 9.79. The topological polar surface area (TPSA) is 26.3 Å². The van der Waals surface area contributed by atoms with Gasteiger partial charge >= 0.3 is 5.97 Å². The van der Waals surface area contributed by atoms with Gasteiger partial charge in [-0.1, -0.05) is 27.2 Å². The average Bonchev–Trinajstić information content (AvgIpc) is 2.87. The molecule has 2 bridgehead atoms. The molecule has 0 aromatic carbocycles. The number of carbonyl (C=O) groups is 1. The van der Waals surface area contributed by atoms with Gasteiger partial charge in [-0.05, 0) is 56.3 Å². The maximum absolute atomic E-state index is 12.5. The zero-order valence-corrected chi connectivity index (χ0v) is 12.7. The van der Waals surface area contributed by atoms with Gasteiger partial charge in [0.15, 0.2) is 0 Å². The smallest absolute Gasteiger partial charge is 0.309 e. The molecule has 0 aliphatic heterocycles. The van der Waals surface area contributed by atoms with E-state index in [-0.39, 0.29) is 23.4 Å². The molecule has 3 rings (SSSR count). The van der Waals surface area contributed by atoms with Crippen molar-refractivity contribution in [3.8, 4) is 0 Å². The van der Waals surface area contributed by atoms with Gasteiger partial charge in [-0.3, -0.25) is 4.79 Å². The van der Waals surface area contributed by atoms with Crippen LogP contribution >= 0.6 is 0 Å². The van der Waals surface area contributed by atoms with E-state index in [1.54, 1.807) is 0 Å². The minimum atomic E-state index is 0.119. The molecular formula is C17H28O2. The highest BCUT2D eigenvalue weighted by Gasteiger charge is 2.51. The van der Waals surface area contributed by atoms with Crippen LogP contribution in [0.3, 0.4) is 0 Å². The summed E-state index contributed by atoms with van der Waals surface area (Å²) in [4.78, 5) is 12.5. The fourth-order valence-corrected chi connectivity index (χ4v) is 4.78. The molecule has 4 atom stereocenters. The van der Waals surface area contributed by atoms with Gasteiger partial charge < -0.3 is 4.74 Å². The summed E-state index contributed by atoms with van der Waals surface area (Å²) >= 11 is 0. The molecular weight excluding hydrogens is 236 g/mol. The first-order chi connectivity index (χ1) is 8.90. The third-order valence-corrected chi connectivity index (χ3v) is 6.13. The van der Waals surface area contributed by atoms with Crippen LogP contribution in [0.5, 0.6) is 0 Å². The Morgan fingerprint density at radius 1 is 1.05 bits per heavy atom. The Labute approximate surface area is 117 Å². The molecule has 3 fully saturated rings. The SMILES string of the molecule is CC12CCC(C1)C(C(=O)OC1CCCCC1(C)C)C2. The van der Waals surface area contributed by atoms with Gasteiger partial charge in [0.25, 0.3) is 0 Å². The van der Waals surface area contributed by atoms with Crippen molar-refractivity contribution in [2.24, 2.45) is 22.7 Å². The predicted octanol–water partition coefficient (Wildman–Crippen LogP) is 4.32. The molecule has 108 valence electrons. The van der Waals surface area contributed by atoms with E-state index in [0.717, 1.165) is 12.8 Å². The summed E-state index contributed by atoms with van der Waals surface area (Å²) in [5.74, 6) is 0.939. The first-order valence-corrected chi connectivity index (χ1v) is 8.10. The summed E-state index contributed by atoms with van der Waals surface area (Å²) in [6, 6.07) is 0. The largest absolute Gasteiger partial charge is 0.462 e. The Hall–Kier alpha value is -0.530. The van der Waals surface area contributed by atoms with Crippen molar-refractivity contribution in [3.63, 3.8) is 0 Å². The number of hydrogen-bond donors (Lipinski definition) is 0. The Bertz CT molecular complexity index is 373. The molecule has 4 unspecified atom stereocenters. The van der Waals surface area contributed by atoms with Gasteiger partial charge in [0.05, 0.1) is 5.92 Å². The molecule has 0 aromatic heterocycles. The molecule has 2 nitrogen and oxygen atoms in total. The maximum atomic E-state index is 12.5. The lowest BCUT2D eigenvalue weighted by Crippen LogP contribution is -2.39. The third kappa shape index (κ3) is 2.43. The highest BCUT2D eigenvalue weighted by atomic mass is 16.5. The maximum Gasteiger partial charge on any atom is 0.309 e. The van der Waals surface area contributed by atoms with Crippen molar-refractivity contribution >= 4 is 5.97 Å². The van der Waals surface area contributed by atoms with Crippen molar-refractivity contribution < 1.29 is 9.53 Å². The lowest BCUT2D eigenvalue weighted by molar-refractivity contribution is -0.165. The average molecular weight is 264 g/mol. The van der Waals surface area contributed by atoms with Crippen molar-refractivity contribution in [1.29, 1.82) is 0 Å². The number of fused-ring (bicyclic) bond motifs is 2. The molecule has 0 N–H and O–H groups in total. The number of hydrogen-bond acceptors (Lipinski definition) is 2. The highest BCUT2D eigenvalue weighted by molar-refractivity contribution is 5.74. The zero-order chi connectivity index (χ0) is 13.7. The third-order valence-electron chi connectivity index (χ3n) is 6.13. The van der Waals surface area contributed by atoms with E-state index in [1.807, 2.05) is 0 Å². The molecule has 3 aliphatic rings. The molecule has 0 radical (unpaired) electrons. The minimum absolute atomic E-state index is 0.119. The number of esters is 1. The van der Waals surface area contributed by atoms with Gasteiger partial charge in [-0.25, -0.2) is 0 Å². The summed E-state index contributed by atoms with van der Waals surface area (Å²) < 4.78 is 5.95. The summed E-state index contributed by atoms with van der Waals surface area (Å²) in [5, 5.41) is 0. The van der Waals surface area contributed by atoms with Crippen molar-refractivity contribution in [1.82, 2.24) is 0 Å². The molecule has 3 saturated carbocycles. The van der Waals surface area contributed by atoms with E-state index < -0.39 is 0 Å². The number of carbonyl (C=O) groups excluding carboxylic acids is 1. The van der Waals surface area contributed by atoms with Gasteiger partial charge in [-0.2, -0.15) is 0 Å². The van der Waals surface area contributed by atoms with E-state index in [2.05, 4.69) is 20.8 Å². The van der Waals surface area contributed by atoms with Crippen LogP contribution in [-0.2, 0) is 9.53 Å². The molecule has 0 spiro atoms. The Morgan fingerprint density at radius 2 is 1.84 bits per heavy atom. The van der Waals surface area contributed by atoms with Crippen LogP contribution < -0.4 is 0 Å². The first kappa shape index (κ1) is 13.5. The lowest BCUT2D eigenvalue weighted by atomic mass is 9.75. The van der Waals surface area contributed by atoms with Crippen LogP contribution in [0.15, 0.2) is 0 Å². The van der Waals surface area contributed by atoms with E-state index >= 15 is 0 Å². The summed E-state index contributed by atoms with van der Waals surface area (Å²) in [5.41, 5.74) is 0.617. The first-order valence-electron chi connectivity index (χ1n) is 8.10. The summed E-state index contributed by atoms with van der Waals surface area (Å²) in [7, 11) is 0. The molecule has 0 heterocycles. The Morgan fingerprint density at radius 3 is 2.42 bits per heavy atom. The highest BCUT2D eigenvalue weighted by Crippen LogP contribution is 2.57. The molecule has 0 aromatic rings. The van der Waals surface area contributed by atoms with E-state index in [0.29, 0.717) is 11.3 Å². The zero-order valence-electron chi connectivity index (χ0n) is 12.7. The van der Waals surface area contributed by atoms with Crippen LogP contribution in [-0.4, -0.2) is 12.1 Å². The fourth-order valence-electron chi connectivity index (χ4n) is 4.78. The van der Waals surface area contributed by atoms with Crippen molar-refractivity contribution in [2.75, 3.05) is 0 Å². The van der Waals surface area contributed by atoms with E-state index in [4.69, 9.17) is 4.74 Å². The lowest BCUT2D eigenvalue weighted by Gasteiger charge is -2.39. The molecule has 3 aliphatic carbocycles. The molecule has 2 heteroatoms. The Balaban J connectivity index is 1.63. The normalized spacial score (nSPS) is 44.3.